The maximum absolute atomic E-state index is 16.7. The van der Waals surface area contributed by atoms with Crippen molar-refractivity contribution in [3.8, 4) is 22.3 Å². The van der Waals surface area contributed by atoms with Gasteiger partial charge in [0.2, 0.25) is 0 Å². The predicted octanol–water partition coefficient (Wildman–Crippen LogP) is 16.6. The van der Waals surface area contributed by atoms with Crippen molar-refractivity contribution in [3.05, 3.63) is 288 Å². The van der Waals surface area contributed by atoms with Crippen molar-refractivity contribution in [2.24, 2.45) is 0 Å². The molecule has 10 aromatic carbocycles. The quantitative estimate of drug-likeness (QED) is 0.142. The van der Waals surface area contributed by atoms with Crippen LogP contribution < -0.4 is 19.5 Å². The molecule has 330 valence electrons. The Labute approximate surface area is 404 Å². The van der Waals surface area contributed by atoms with E-state index in [0.717, 1.165) is 45.1 Å². The molecule has 0 saturated heterocycles. The summed E-state index contributed by atoms with van der Waals surface area (Å²) in [5.74, 6) is 0. The molecule has 0 bridgehead atoms. The van der Waals surface area contributed by atoms with E-state index in [2.05, 4.69) is 216 Å². The summed E-state index contributed by atoms with van der Waals surface area (Å²) < 4.78 is 20.9. The molecular formula is C64H48N3OP. The molecule has 0 radical (unpaired) electrons. The second-order valence-electron chi connectivity index (χ2n) is 18.8. The fraction of sp³-hybridized carbons (Fsp3) is 0.0625. The molecule has 2 aliphatic carbocycles. The number of hydrogen-bond acceptors (Lipinski definition) is 2. The lowest BCUT2D eigenvalue weighted by Gasteiger charge is -2.35. The summed E-state index contributed by atoms with van der Waals surface area (Å²) in [4.78, 5) is 2.46. The summed E-state index contributed by atoms with van der Waals surface area (Å²) in [5.41, 5.74) is 18.2. The van der Waals surface area contributed by atoms with E-state index in [4.69, 9.17) is 0 Å². The minimum atomic E-state index is -3.62. The first-order valence-electron chi connectivity index (χ1n) is 23.8. The van der Waals surface area contributed by atoms with Gasteiger partial charge in [-0.1, -0.05) is 196 Å². The summed E-state index contributed by atoms with van der Waals surface area (Å²) in [6, 6.07) is 90.9. The lowest BCUT2D eigenvalue weighted by atomic mass is 9.67. The van der Waals surface area contributed by atoms with E-state index in [9.17, 15) is 0 Å². The summed E-state index contributed by atoms with van der Waals surface area (Å²) in [5, 5.41) is 0.753. The molecule has 13 rings (SSSR count). The van der Waals surface area contributed by atoms with Gasteiger partial charge in [-0.25, -0.2) is 0 Å². The second kappa shape index (κ2) is 15.7. The van der Waals surface area contributed by atoms with Crippen LogP contribution in [-0.4, -0.2) is 0 Å². The van der Waals surface area contributed by atoms with E-state index < -0.39 is 12.9 Å². The zero-order valence-corrected chi connectivity index (χ0v) is 39.3. The number of rotatable bonds is 8. The van der Waals surface area contributed by atoms with Crippen molar-refractivity contribution in [3.63, 3.8) is 0 Å². The molecule has 0 fully saturated rings. The van der Waals surface area contributed by atoms with Crippen molar-refractivity contribution >= 4 is 52.6 Å². The van der Waals surface area contributed by atoms with Gasteiger partial charge in [0.15, 0.2) is 0 Å². The highest BCUT2D eigenvalue weighted by atomic mass is 31.2. The van der Waals surface area contributed by atoms with Crippen LogP contribution >= 0.6 is 7.44 Å². The number of benzene rings is 10. The zero-order valence-electron chi connectivity index (χ0n) is 38.4. The molecule has 1 aliphatic heterocycles. The maximum Gasteiger partial charge on any atom is 0.301 e. The summed E-state index contributed by atoms with van der Waals surface area (Å²) in [6.07, 6.45) is 0. The molecule has 10 aromatic rings. The fourth-order valence-electron chi connectivity index (χ4n) is 11.9. The Hall–Kier alpha value is -8.17. The van der Waals surface area contributed by atoms with Crippen molar-refractivity contribution in [1.29, 1.82) is 0 Å². The molecule has 69 heavy (non-hydrogen) atoms. The minimum absolute atomic E-state index is 0.219. The van der Waals surface area contributed by atoms with Crippen LogP contribution in [0, 0.1) is 0 Å². The highest BCUT2D eigenvalue weighted by molar-refractivity contribution is 7.76. The highest BCUT2D eigenvalue weighted by Crippen LogP contribution is 2.71. The topological polar surface area (TPSA) is 26.8 Å². The fourth-order valence-corrected chi connectivity index (χ4v) is 14.9. The highest BCUT2D eigenvalue weighted by Gasteiger charge is 2.50. The molecule has 1 heterocycles. The van der Waals surface area contributed by atoms with Crippen LogP contribution in [0.2, 0.25) is 0 Å². The molecule has 1 atom stereocenters. The number of hydrogen-bond donors (Lipinski definition) is 0. The Balaban J connectivity index is 1.11. The van der Waals surface area contributed by atoms with E-state index in [0.29, 0.717) is 0 Å². The van der Waals surface area contributed by atoms with Gasteiger partial charge in [0, 0.05) is 33.7 Å². The average molecular weight is 906 g/mol. The van der Waals surface area contributed by atoms with Crippen molar-refractivity contribution < 1.29 is 4.57 Å². The lowest BCUT2D eigenvalue weighted by molar-refractivity contribution is 0.582. The summed E-state index contributed by atoms with van der Waals surface area (Å²) in [6.45, 7) is 4.69. The Morgan fingerprint density at radius 1 is 0.391 bits per heavy atom. The standard InChI is InChI=1S/C64H48N3OP/c1-63(2)55-35-20-19-34-54(55)62-57(63)37-22-38-60(62)65(49-39-41-53-52-33-18-21-36-56(52)64(58(53)43-49,45-23-8-3-9-24-45)46-25-10-4-11-26-46)50-40-42-59-61(44-50)67(48-29-14-6-15-30-48)69(68,51-31-16-7-17-32-51)66(59)47-27-12-5-13-28-47/h3-44H,1-2H3. The van der Waals surface area contributed by atoms with Gasteiger partial charge in [0.25, 0.3) is 0 Å². The molecule has 0 aromatic heterocycles. The van der Waals surface area contributed by atoms with Gasteiger partial charge in [0.05, 0.1) is 27.8 Å². The number of para-hydroxylation sites is 2. The number of anilines is 7. The average Bonchev–Trinajstić information content (AvgIpc) is 3.95. The third-order valence-corrected chi connectivity index (χ3v) is 17.8. The van der Waals surface area contributed by atoms with Gasteiger partial charge in [-0.15, -0.1) is 0 Å². The monoisotopic (exact) mass is 905 g/mol. The van der Waals surface area contributed by atoms with Crippen LogP contribution in [0.1, 0.15) is 47.2 Å². The van der Waals surface area contributed by atoms with Crippen LogP contribution in [0.15, 0.2) is 255 Å². The summed E-state index contributed by atoms with van der Waals surface area (Å²) in [7, 11) is -3.62. The van der Waals surface area contributed by atoms with Gasteiger partial charge in [0.1, 0.15) is 0 Å². The van der Waals surface area contributed by atoms with E-state index in [-0.39, 0.29) is 5.41 Å². The van der Waals surface area contributed by atoms with E-state index in [1.807, 2.05) is 66.7 Å². The van der Waals surface area contributed by atoms with Gasteiger partial charge in [-0.2, -0.15) is 0 Å². The van der Waals surface area contributed by atoms with Gasteiger partial charge in [-0.3, -0.25) is 13.9 Å². The molecule has 0 N–H and O–H groups in total. The second-order valence-corrected chi connectivity index (χ2v) is 21.2. The van der Waals surface area contributed by atoms with Crippen molar-refractivity contribution in [1.82, 2.24) is 0 Å². The Morgan fingerprint density at radius 2 is 0.870 bits per heavy atom. The van der Waals surface area contributed by atoms with Crippen LogP contribution in [0.5, 0.6) is 0 Å². The van der Waals surface area contributed by atoms with Gasteiger partial charge >= 0.3 is 7.44 Å². The number of nitrogens with zero attached hydrogens (tertiary/aromatic N) is 3. The van der Waals surface area contributed by atoms with E-state index in [1.165, 1.54) is 55.6 Å². The van der Waals surface area contributed by atoms with Crippen molar-refractivity contribution in [2.75, 3.05) is 14.2 Å². The normalized spacial score (nSPS) is 16.6. The Bertz CT molecular complexity index is 3590. The molecule has 5 heteroatoms. The molecule has 1 unspecified atom stereocenters. The third-order valence-electron chi connectivity index (χ3n) is 14.8. The van der Waals surface area contributed by atoms with Gasteiger partial charge in [-0.05, 0) is 123 Å². The summed E-state index contributed by atoms with van der Waals surface area (Å²) >= 11 is 0. The van der Waals surface area contributed by atoms with Crippen molar-refractivity contribution in [2.45, 2.75) is 24.7 Å². The molecule has 4 nitrogen and oxygen atoms in total. The van der Waals surface area contributed by atoms with E-state index >= 15 is 4.57 Å². The van der Waals surface area contributed by atoms with Crippen LogP contribution in [0.4, 0.5) is 39.8 Å². The molecule has 0 saturated carbocycles. The SMILES string of the molecule is CC1(C)c2ccccc2-c2c(N(c3ccc4c(c3)N(c3ccccc3)P(=O)(c3ccccc3)N4c3ccccc3)c3ccc4c(c3)C(c3ccccc3)(c3ccccc3)c3ccccc3-4)cccc21. The van der Waals surface area contributed by atoms with Gasteiger partial charge < -0.3 is 4.90 Å². The van der Waals surface area contributed by atoms with Crippen LogP contribution in [-0.2, 0) is 15.4 Å². The Morgan fingerprint density at radius 3 is 1.51 bits per heavy atom. The van der Waals surface area contributed by atoms with Crippen LogP contribution in [0.3, 0.4) is 0 Å². The third kappa shape index (κ3) is 5.92. The first-order chi connectivity index (χ1) is 33.9. The molecular weight excluding hydrogens is 858 g/mol. The number of fused-ring (bicyclic) bond motifs is 7. The van der Waals surface area contributed by atoms with E-state index in [1.54, 1.807) is 0 Å². The maximum atomic E-state index is 16.7. The lowest BCUT2D eigenvalue weighted by Crippen LogP contribution is -2.28. The van der Waals surface area contributed by atoms with Crippen LogP contribution in [0.25, 0.3) is 22.3 Å². The molecule has 0 amide bonds. The zero-order chi connectivity index (χ0) is 46.3. The smallest absolute Gasteiger partial charge is 0.301 e. The first kappa shape index (κ1) is 41.1. The molecule has 0 spiro atoms. The molecule has 3 aliphatic rings. The largest absolute Gasteiger partial charge is 0.310 e. The predicted molar refractivity (Wildman–Crippen MR) is 287 cm³/mol. The first-order valence-corrected chi connectivity index (χ1v) is 25.4. The Kier molecular flexibility index (Phi) is 9.34. The minimum Gasteiger partial charge on any atom is -0.310 e.